The van der Waals surface area contributed by atoms with Crippen LogP contribution in [-0.2, 0) is 4.74 Å². The molecule has 98 valence electrons. The quantitative estimate of drug-likeness (QED) is 0.911. The van der Waals surface area contributed by atoms with Crippen molar-refractivity contribution in [3.05, 3.63) is 28.2 Å². The van der Waals surface area contributed by atoms with Crippen molar-refractivity contribution in [1.82, 2.24) is 4.90 Å². The molecule has 2 bridgehead atoms. The number of likely N-dealkylation sites (tertiary alicyclic amines) is 1. The zero-order valence-corrected chi connectivity index (χ0v) is 12.1. The number of fused-ring (bicyclic) bond motifs is 2. The fourth-order valence-electron chi connectivity index (χ4n) is 3.02. The minimum absolute atomic E-state index is 0.231. The second-order valence-corrected chi connectivity index (χ2v) is 6.21. The third-order valence-electron chi connectivity index (χ3n) is 4.06. The van der Waals surface area contributed by atoms with Gasteiger partial charge in [-0.1, -0.05) is 15.9 Å². The van der Waals surface area contributed by atoms with Gasteiger partial charge >= 0.3 is 0 Å². The minimum Gasteiger partial charge on any atom is -0.508 e. The van der Waals surface area contributed by atoms with Crippen LogP contribution in [0.1, 0.15) is 31.4 Å². The Hall–Kier alpha value is -0.580. The van der Waals surface area contributed by atoms with Crippen LogP contribution in [0.5, 0.6) is 5.75 Å². The first-order chi connectivity index (χ1) is 8.63. The van der Waals surface area contributed by atoms with Gasteiger partial charge in [-0.2, -0.15) is 0 Å². The molecule has 2 aliphatic rings. The van der Waals surface area contributed by atoms with E-state index in [9.17, 15) is 5.11 Å². The molecule has 0 spiro atoms. The summed E-state index contributed by atoms with van der Waals surface area (Å²) in [7, 11) is 0. The van der Waals surface area contributed by atoms with Gasteiger partial charge in [0.25, 0.3) is 0 Å². The van der Waals surface area contributed by atoms with Crippen molar-refractivity contribution >= 4 is 15.9 Å². The molecule has 0 amide bonds. The minimum atomic E-state index is 0.231. The van der Waals surface area contributed by atoms with Crippen LogP contribution in [0.25, 0.3) is 0 Å². The van der Waals surface area contributed by atoms with Crippen LogP contribution in [0.2, 0.25) is 0 Å². The lowest BCUT2D eigenvalue weighted by Crippen LogP contribution is -2.43. The first kappa shape index (κ1) is 12.5. The Morgan fingerprint density at radius 2 is 2.00 bits per heavy atom. The molecule has 18 heavy (non-hydrogen) atoms. The van der Waals surface area contributed by atoms with Crippen molar-refractivity contribution in [2.45, 2.75) is 38.0 Å². The maximum absolute atomic E-state index is 10.0. The molecular weight excluding hydrogens is 294 g/mol. The zero-order valence-electron chi connectivity index (χ0n) is 10.5. The second-order valence-electron chi connectivity index (χ2n) is 5.29. The van der Waals surface area contributed by atoms with E-state index < -0.39 is 0 Å². The SMILES string of the molecule is CC(c1cc(Br)ccc1O)N1CC2CCC(C1)O2. The monoisotopic (exact) mass is 311 g/mol. The number of morpholine rings is 1. The standard InChI is InChI=1S/C14H18BrNO2/c1-9(13-6-10(15)2-5-14(13)17)16-7-11-3-4-12(8-16)18-11/h2,5-6,9,11-12,17H,3-4,7-8H2,1H3. The summed E-state index contributed by atoms with van der Waals surface area (Å²) in [6.07, 6.45) is 3.14. The van der Waals surface area contributed by atoms with E-state index in [-0.39, 0.29) is 6.04 Å². The van der Waals surface area contributed by atoms with Crippen molar-refractivity contribution in [2.75, 3.05) is 13.1 Å². The van der Waals surface area contributed by atoms with Crippen molar-refractivity contribution in [3.63, 3.8) is 0 Å². The molecule has 0 aliphatic carbocycles. The molecule has 2 heterocycles. The van der Waals surface area contributed by atoms with Gasteiger partial charge < -0.3 is 9.84 Å². The Bertz CT molecular complexity index is 439. The molecule has 2 aliphatic heterocycles. The summed E-state index contributed by atoms with van der Waals surface area (Å²) in [6, 6.07) is 5.87. The van der Waals surface area contributed by atoms with Gasteiger partial charge in [-0.05, 0) is 38.0 Å². The van der Waals surface area contributed by atoms with E-state index in [1.165, 1.54) is 12.8 Å². The maximum Gasteiger partial charge on any atom is 0.120 e. The molecule has 0 aromatic heterocycles. The average Bonchev–Trinajstić information content (AvgIpc) is 2.70. The van der Waals surface area contributed by atoms with E-state index in [0.29, 0.717) is 18.0 Å². The molecule has 1 aromatic rings. The van der Waals surface area contributed by atoms with Crippen LogP contribution in [0.3, 0.4) is 0 Å². The maximum atomic E-state index is 10.0. The summed E-state index contributed by atoms with van der Waals surface area (Å²) in [5.41, 5.74) is 0.991. The van der Waals surface area contributed by atoms with E-state index in [2.05, 4.69) is 27.8 Å². The number of rotatable bonds is 2. The third-order valence-corrected chi connectivity index (χ3v) is 4.55. The molecule has 1 aromatic carbocycles. The number of aromatic hydroxyl groups is 1. The molecule has 3 atom stereocenters. The van der Waals surface area contributed by atoms with E-state index in [1.807, 2.05) is 12.1 Å². The first-order valence-electron chi connectivity index (χ1n) is 6.51. The van der Waals surface area contributed by atoms with E-state index in [1.54, 1.807) is 6.07 Å². The average molecular weight is 312 g/mol. The van der Waals surface area contributed by atoms with Gasteiger partial charge in [-0.15, -0.1) is 0 Å². The van der Waals surface area contributed by atoms with Gasteiger partial charge in [0.15, 0.2) is 0 Å². The van der Waals surface area contributed by atoms with Crippen LogP contribution >= 0.6 is 15.9 Å². The number of phenols is 1. The molecule has 1 N–H and O–H groups in total. The van der Waals surface area contributed by atoms with Crippen molar-refractivity contribution in [1.29, 1.82) is 0 Å². The van der Waals surface area contributed by atoms with Gasteiger partial charge in [0.05, 0.1) is 12.2 Å². The lowest BCUT2D eigenvalue weighted by Gasteiger charge is -2.36. The molecule has 3 nitrogen and oxygen atoms in total. The predicted molar refractivity (Wildman–Crippen MR) is 73.7 cm³/mol. The normalized spacial score (nSPS) is 29.4. The number of halogens is 1. The van der Waals surface area contributed by atoms with E-state index in [4.69, 9.17) is 4.74 Å². The topological polar surface area (TPSA) is 32.7 Å². The van der Waals surface area contributed by atoms with E-state index >= 15 is 0 Å². The molecule has 3 rings (SSSR count). The Balaban J connectivity index is 1.81. The van der Waals surface area contributed by atoms with E-state index in [0.717, 1.165) is 23.1 Å². The molecular formula is C14H18BrNO2. The van der Waals surface area contributed by atoms with Crippen molar-refractivity contribution in [3.8, 4) is 5.75 Å². The Morgan fingerprint density at radius 3 is 2.67 bits per heavy atom. The Labute approximate surface area is 116 Å². The van der Waals surface area contributed by atoms with Crippen molar-refractivity contribution < 1.29 is 9.84 Å². The number of ether oxygens (including phenoxy) is 1. The fraction of sp³-hybridized carbons (Fsp3) is 0.571. The smallest absolute Gasteiger partial charge is 0.120 e. The van der Waals surface area contributed by atoms with Gasteiger partial charge in [-0.25, -0.2) is 0 Å². The Morgan fingerprint density at radius 1 is 1.33 bits per heavy atom. The van der Waals surface area contributed by atoms with Crippen LogP contribution in [0.4, 0.5) is 0 Å². The Kier molecular flexibility index (Phi) is 3.34. The molecule has 2 saturated heterocycles. The largest absolute Gasteiger partial charge is 0.508 e. The number of phenolic OH excluding ortho intramolecular Hbond substituents is 1. The van der Waals surface area contributed by atoms with Gasteiger partial charge in [0.1, 0.15) is 5.75 Å². The summed E-state index contributed by atoms with van der Waals surface area (Å²) < 4.78 is 6.87. The number of benzene rings is 1. The number of hydrogen-bond donors (Lipinski definition) is 1. The lowest BCUT2D eigenvalue weighted by molar-refractivity contribution is -0.0511. The number of hydrogen-bond acceptors (Lipinski definition) is 3. The molecule has 4 heteroatoms. The van der Waals surface area contributed by atoms with Gasteiger partial charge in [0, 0.05) is 29.2 Å². The predicted octanol–water partition coefficient (Wildman–Crippen LogP) is 3.08. The highest BCUT2D eigenvalue weighted by atomic mass is 79.9. The van der Waals surface area contributed by atoms with Gasteiger partial charge in [0.2, 0.25) is 0 Å². The summed E-state index contributed by atoms with van der Waals surface area (Å²) in [5, 5.41) is 10.0. The first-order valence-corrected chi connectivity index (χ1v) is 7.30. The van der Waals surface area contributed by atoms with Gasteiger partial charge in [-0.3, -0.25) is 4.90 Å². The van der Waals surface area contributed by atoms with Crippen LogP contribution in [0.15, 0.2) is 22.7 Å². The molecule has 0 saturated carbocycles. The summed E-state index contributed by atoms with van der Waals surface area (Å²) in [6.45, 7) is 4.11. The third kappa shape index (κ3) is 2.29. The molecule has 3 unspecified atom stereocenters. The highest BCUT2D eigenvalue weighted by molar-refractivity contribution is 9.10. The van der Waals surface area contributed by atoms with Crippen LogP contribution in [-0.4, -0.2) is 35.3 Å². The molecule has 2 fully saturated rings. The fourth-order valence-corrected chi connectivity index (χ4v) is 3.40. The second kappa shape index (κ2) is 4.83. The van der Waals surface area contributed by atoms with Crippen molar-refractivity contribution in [2.24, 2.45) is 0 Å². The molecule has 0 radical (unpaired) electrons. The van der Waals surface area contributed by atoms with Crippen LogP contribution in [0, 0.1) is 0 Å². The number of nitrogens with zero attached hydrogens (tertiary/aromatic N) is 1. The lowest BCUT2D eigenvalue weighted by atomic mass is 10.0. The van der Waals surface area contributed by atoms with Crippen LogP contribution < -0.4 is 0 Å². The highest BCUT2D eigenvalue weighted by Crippen LogP contribution is 2.35. The summed E-state index contributed by atoms with van der Waals surface area (Å²) in [5.74, 6) is 0.379. The summed E-state index contributed by atoms with van der Waals surface area (Å²) in [4.78, 5) is 2.42. The highest BCUT2D eigenvalue weighted by Gasteiger charge is 2.36. The summed E-state index contributed by atoms with van der Waals surface area (Å²) >= 11 is 3.47. The zero-order chi connectivity index (χ0) is 12.7.